The first-order chi connectivity index (χ1) is 12.1. The van der Waals surface area contributed by atoms with Crippen LogP contribution in [0.3, 0.4) is 0 Å². The van der Waals surface area contributed by atoms with E-state index in [0.717, 1.165) is 12.1 Å². The van der Waals surface area contributed by atoms with Crippen LogP contribution in [0.2, 0.25) is 10.0 Å². The van der Waals surface area contributed by atoms with E-state index in [1.54, 1.807) is 29.5 Å². The number of carbonyl (C=O) groups excluding carboxylic acids is 1. The summed E-state index contributed by atoms with van der Waals surface area (Å²) in [6.45, 7) is 0.737. The summed E-state index contributed by atoms with van der Waals surface area (Å²) in [6.07, 6.45) is 0. The molecule has 6 heteroatoms. The number of anilines is 1. The largest absolute Gasteiger partial charge is 0.328 e. The molecule has 3 rings (SSSR count). The van der Waals surface area contributed by atoms with Crippen LogP contribution in [0.5, 0.6) is 0 Å². The molecule has 0 saturated carbocycles. The molecule has 0 saturated heterocycles. The average Bonchev–Trinajstić information content (AvgIpc) is 3.08. The molecule has 0 spiro atoms. The zero-order valence-corrected chi connectivity index (χ0v) is 15.6. The Balaban J connectivity index is 1.78. The van der Waals surface area contributed by atoms with E-state index in [9.17, 15) is 4.79 Å². The summed E-state index contributed by atoms with van der Waals surface area (Å²) in [4.78, 5) is 14.1. The Morgan fingerprint density at radius 3 is 2.40 bits per heavy atom. The molecule has 0 aliphatic heterocycles. The minimum atomic E-state index is -0.360. The van der Waals surface area contributed by atoms with Gasteiger partial charge in [0.05, 0.1) is 4.88 Å². The Morgan fingerprint density at radius 2 is 1.76 bits per heavy atom. The van der Waals surface area contributed by atoms with E-state index in [0.29, 0.717) is 15.7 Å². The highest BCUT2D eigenvalue weighted by atomic mass is 35.5. The van der Waals surface area contributed by atoms with E-state index < -0.39 is 0 Å². The van der Waals surface area contributed by atoms with Crippen molar-refractivity contribution in [2.45, 2.75) is 12.6 Å². The Labute approximate surface area is 160 Å². The number of rotatable bonds is 6. The lowest BCUT2D eigenvalue weighted by molar-refractivity contribution is -0.697. The molecule has 128 valence electrons. The summed E-state index contributed by atoms with van der Waals surface area (Å²) < 4.78 is 0. The maximum atomic E-state index is 12.9. The molecule has 1 amide bonds. The van der Waals surface area contributed by atoms with Crippen molar-refractivity contribution in [3.63, 3.8) is 0 Å². The number of halogens is 2. The molecule has 0 unspecified atom stereocenters. The molecule has 3 N–H and O–H groups in total. The van der Waals surface area contributed by atoms with Gasteiger partial charge < -0.3 is 10.6 Å². The van der Waals surface area contributed by atoms with Gasteiger partial charge in [-0.25, -0.2) is 0 Å². The second-order valence-electron chi connectivity index (χ2n) is 5.55. The third-order valence-corrected chi connectivity index (χ3v) is 5.04. The molecular weight excluding hydrogens is 375 g/mol. The van der Waals surface area contributed by atoms with E-state index in [4.69, 9.17) is 23.2 Å². The highest BCUT2D eigenvalue weighted by molar-refractivity contribution is 7.09. The first kappa shape index (κ1) is 18.0. The number of carbonyl (C=O) groups is 1. The summed E-state index contributed by atoms with van der Waals surface area (Å²) in [6, 6.07) is 18.5. The third-order valence-electron chi connectivity index (χ3n) is 3.71. The molecule has 0 aliphatic rings. The van der Waals surface area contributed by atoms with Gasteiger partial charge in [-0.15, -0.1) is 11.3 Å². The molecule has 2 aromatic carbocycles. The lowest BCUT2D eigenvalue weighted by Gasteiger charge is -2.16. The summed E-state index contributed by atoms with van der Waals surface area (Å²) in [5, 5.41) is 7.96. The van der Waals surface area contributed by atoms with E-state index in [1.807, 2.05) is 47.1 Å². The van der Waals surface area contributed by atoms with Gasteiger partial charge in [-0.3, -0.25) is 4.79 Å². The number of amides is 1. The van der Waals surface area contributed by atoms with Crippen LogP contribution in [0.1, 0.15) is 16.5 Å². The van der Waals surface area contributed by atoms with Gasteiger partial charge in [0.25, 0.3) is 5.91 Å². The standard InChI is InChI=1S/C19H16Cl2N2OS/c20-14-9-15(21)11-16(10-14)23-19(24)18(13-5-2-1-3-6-13)22-12-17-7-4-8-25-17/h1-11,18,22H,12H2,(H,23,24)/p+1/t18-/m0/s1. The van der Waals surface area contributed by atoms with Crippen LogP contribution in [0.4, 0.5) is 5.69 Å². The molecule has 0 aliphatic carbocycles. The maximum absolute atomic E-state index is 12.9. The van der Waals surface area contributed by atoms with Gasteiger partial charge in [-0.05, 0) is 29.6 Å². The molecule has 3 aromatic rings. The first-order valence-corrected chi connectivity index (χ1v) is 9.43. The SMILES string of the molecule is O=C(Nc1cc(Cl)cc(Cl)c1)[C@@H]([NH2+]Cc1cccs1)c1ccccc1. The monoisotopic (exact) mass is 391 g/mol. The predicted octanol–water partition coefficient (Wildman–Crippen LogP) is 4.50. The quantitative estimate of drug-likeness (QED) is 0.638. The minimum absolute atomic E-state index is 0.110. The van der Waals surface area contributed by atoms with Crippen molar-refractivity contribution >= 4 is 46.1 Å². The van der Waals surface area contributed by atoms with Crippen LogP contribution < -0.4 is 10.6 Å². The van der Waals surface area contributed by atoms with E-state index >= 15 is 0 Å². The first-order valence-electron chi connectivity index (χ1n) is 7.79. The predicted molar refractivity (Wildman–Crippen MR) is 104 cm³/mol. The number of nitrogens with two attached hydrogens (primary N) is 1. The van der Waals surface area contributed by atoms with Gasteiger partial charge in [-0.1, -0.05) is 59.6 Å². The lowest BCUT2D eigenvalue weighted by Crippen LogP contribution is -2.85. The Kier molecular flexibility index (Phi) is 6.10. The summed E-state index contributed by atoms with van der Waals surface area (Å²) in [5.41, 5.74) is 1.54. The van der Waals surface area contributed by atoms with Gasteiger partial charge in [0.2, 0.25) is 0 Å². The Hall–Kier alpha value is -1.85. The average molecular weight is 392 g/mol. The highest BCUT2D eigenvalue weighted by Crippen LogP contribution is 2.23. The van der Waals surface area contributed by atoms with Crippen molar-refractivity contribution < 1.29 is 10.1 Å². The number of nitrogens with one attached hydrogen (secondary N) is 1. The van der Waals surface area contributed by atoms with Crippen LogP contribution in [-0.4, -0.2) is 5.91 Å². The van der Waals surface area contributed by atoms with Crippen molar-refractivity contribution in [1.29, 1.82) is 0 Å². The number of hydrogen-bond donors (Lipinski definition) is 2. The van der Waals surface area contributed by atoms with Gasteiger partial charge in [0.15, 0.2) is 6.04 Å². The molecule has 1 aromatic heterocycles. The molecule has 0 bridgehead atoms. The Morgan fingerprint density at radius 1 is 1.04 bits per heavy atom. The molecule has 1 atom stereocenters. The fourth-order valence-corrected chi connectivity index (χ4v) is 3.77. The van der Waals surface area contributed by atoms with Gasteiger partial charge in [-0.2, -0.15) is 0 Å². The van der Waals surface area contributed by atoms with Gasteiger partial charge in [0.1, 0.15) is 6.54 Å². The lowest BCUT2D eigenvalue weighted by atomic mass is 10.1. The van der Waals surface area contributed by atoms with Crippen LogP contribution in [0.25, 0.3) is 0 Å². The second kappa shape index (κ2) is 8.50. The number of thiophene rings is 1. The van der Waals surface area contributed by atoms with Crippen LogP contribution in [-0.2, 0) is 11.3 Å². The van der Waals surface area contributed by atoms with Gasteiger partial charge in [0, 0.05) is 21.3 Å². The van der Waals surface area contributed by atoms with Crippen molar-refractivity contribution in [2.75, 3.05) is 5.32 Å². The zero-order valence-electron chi connectivity index (χ0n) is 13.3. The molecule has 1 heterocycles. The van der Waals surface area contributed by atoms with Crippen molar-refractivity contribution in [1.82, 2.24) is 0 Å². The minimum Gasteiger partial charge on any atom is -0.328 e. The normalized spacial score (nSPS) is 11.9. The van der Waals surface area contributed by atoms with Crippen molar-refractivity contribution in [2.24, 2.45) is 0 Å². The number of hydrogen-bond acceptors (Lipinski definition) is 2. The summed E-state index contributed by atoms with van der Waals surface area (Å²) in [7, 11) is 0. The highest BCUT2D eigenvalue weighted by Gasteiger charge is 2.24. The molecule has 0 fully saturated rings. The smallest absolute Gasteiger partial charge is 0.287 e. The number of benzene rings is 2. The van der Waals surface area contributed by atoms with Crippen LogP contribution in [0, 0.1) is 0 Å². The topological polar surface area (TPSA) is 45.7 Å². The van der Waals surface area contributed by atoms with E-state index in [1.165, 1.54) is 4.88 Å². The summed E-state index contributed by atoms with van der Waals surface area (Å²) in [5.74, 6) is -0.110. The van der Waals surface area contributed by atoms with Crippen molar-refractivity contribution in [3.8, 4) is 0 Å². The molecular formula is C19H17Cl2N2OS+. The van der Waals surface area contributed by atoms with E-state index in [2.05, 4.69) is 11.4 Å². The Bertz CT molecular complexity index is 818. The zero-order chi connectivity index (χ0) is 17.6. The molecule has 25 heavy (non-hydrogen) atoms. The third kappa shape index (κ3) is 5.06. The molecule has 0 radical (unpaired) electrons. The second-order valence-corrected chi connectivity index (χ2v) is 7.46. The van der Waals surface area contributed by atoms with Crippen LogP contribution in [0.15, 0.2) is 66.0 Å². The van der Waals surface area contributed by atoms with Gasteiger partial charge >= 0.3 is 0 Å². The maximum Gasteiger partial charge on any atom is 0.287 e. The fraction of sp³-hybridized carbons (Fsp3) is 0.105. The fourth-order valence-electron chi connectivity index (χ4n) is 2.56. The van der Waals surface area contributed by atoms with Crippen molar-refractivity contribution in [3.05, 3.63) is 86.5 Å². The van der Waals surface area contributed by atoms with Crippen LogP contribution >= 0.6 is 34.5 Å². The number of quaternary nitrogens is 1. The van der Waals surface area contributed by atoms with E-state index in [-0.39, 0.29) is 11.9 Å². The molecule has 3 nitrogen and oxygen atoms in total. The summed E-state index contributed by atoms with van der Waals surface area (Å²) >= 11 is 13.7.